The van der Waals surface area contributed by atoms with Crippen LogP contribution in [0.3, 0.4) is 0 Å². The number of hydrogen-bond donors (Lipinski definition) is 3. The summed E-state index contributed by atoms with van der Waals surface area (Å²) < 4.78 is 15.6. The number of carbonyl (C=O) groups excluding carboxylic acids is 6. The molecule has 266 valence electrons. The van der Waals surface area contributed by atoms with Crippen molar-refractivity contribution in [2.75, 3.05) is 13.7 Å². The molecule has 1 saturated carbocycles. The van der Waals surface area contributed by atoms with E-state index in [1.807, 2.05) is 44.2 Å². The molecule has 2 fully saturated rings. The Balaban J connectivity index is 1.75. The summed E-state index contributed by atoms with van der Waals surface area (Å²) in [5.74, 6) is -2.99. The lowest BCUT2D eigenvalue weighted by Crippen LogP contribution is -2.59. The number of benzene rings is 1. The summed E-state index contributed by atoms with van der Waals surface area (Å²) in [6.07, 6.45) is 3.09. The molecule has 13 nitrogen and oxygen atoms in total. The molecule has 0 unspecified atom stereocenters. The lowest BCUT2D eigenvalue weighted by Gasteiger charge is -2.31. The van der Waals surface area contributed by atoms with E-state index in [1.165, 1.54) is 12.0 Å². The normalized spacial score (nSPS) is 18.4. The maximum atomic E-state index is 13.8. The Bertz CT molecular complexity index is 1270. The number of methoxy groups -OCH3 is 1. The van der Waals surface area contributed by atoms with Gasteiger partial charge >= 0.3 is 18.0 Å². The second kappa shape index (κ2) is 17.8. The van der Waals surface area contributed by atoms with Gasteiger partial charge in [0, 0.05) is 6.54 Å². The van der Waals surface area contributed by atoms with E-state index in [-0.39, 0.29) is 25.0 Å². The highest BCUT2D eigenvalue weighted by molar-refractivity contribution is 5.96. The van der Waals surface area contributed by atoms with Crippen LogP contribution in [0.4, 0.5) is 4.79 Å². The van der Waals surface area contributed by atoms with Crippen molar-refractivity contribution in [1.82, 2.24) is 20.9 Å². The van der Waals surface area contributed by atoms with Crippen molar-refractivity contribution in [3.63, 3.8) is 0 Å². The van der Waals surface area contributed by atoms with E-state index < -0.39 is 71.9 Å². The lowest BCUT2D eigenvalue weighted by atomic mass is 9.95. The number of esters is 2. The van der Waals surface area contributed by atoms with Gasteiger partial charge in [-0.1, -0.05) is 57.0 Å². The monoisotopic (exact) mass is 672 g/mol. The molecule has 1 heterocycles. The zero-order valence-electron chi connectivity index (χ0n) is 29.0. The first-order valence-electron chi connectivity index (χ1n) is 16.9. The minimum atomic E-state index is -1.33. The third kappa shape index (κ3) is 11.8. The zero-order valence-corrected chi connectivity index (χ0v) is 29.0. The lowest BCUT2D eigenvalue weighted by molar-refractivity contribution is -0.150. The van der Waals surface area contributed by atoms with Crippen molar-refractivity contribution in [2.24, 2.45) is 11.8 Å². The number of hydrogen-bond acceptors (Lipinski definition) is 9. The number of nitrogens with zero attached hydrogens (tertiary/aromatic N) is 1. The molecule has 1 aliphatic carbocycles. The van der Waals surface area contributed by atoms with E-state index in [1.54, 1.807) is 20.8 Å². The van der Waals surface area contributed by atoms with Crippen molar-refractivity contribution < 1.29 is 43.0 Å². The molecule has 4 amide bonds. The van der Waals surface area contributed by atoms with Gasteiger partial charge in [-0.2, -0.15) is 0 Å². The predicted molar refractivity (Wildman–Crippen MR) is 176 cm³/mol. The molecule has 1 aromatic carbocycles. The van der Waals surface area contributed by atoms with Crippen LogP contribution < -0.4 is 16.0 Å². The number of amides is 4. The van der Waals surface area contributed by atoms with Gasteiger partial charge in [0.25, 0.3) is 0 Å². The van der Waals surface area contributed by atoms with Crippen LogP contribution >= 0.6 is 0 Å². The molecule has 1 aromatic rings. The average molecular weight is 673 g/mol. The minimum absolute atomic E-state index is 0.0677. The Hall–Kier alpha value is -4.16. The van der Waals surface area contributed by atoms with E-state index in [4.69, 9.17) is 14.2 Å². The fourth-order valence-corrected chi connectivity index (χ4v) is 6.12. The van der Waals surface area contributed by atoms with Crippen molar-refractivity contribution in [3.8, 4) is 0 Å². The Morgan fingerprint density at radius 1 is 0.896 bits per heavy atom. The highest BCUT2D eigenvalue weighted by atomic mass is 16.6. The van der Waals surface area contributed by atoms with Gasteiger partial charge in [0.05, 0.1) is 13.5 Å². The number of carbonyl (C=O) groups is 6. The van der Waals surface area contributed by atoms with Gasteiger partial charge in [0.15, 0.2) is 0 Å². The highest BCUT2D eigenvalue weighted by Crippen LogP contribution is 2.29. The standard InChI is InChI=1S/C35H52N4O9/c1-22(2)19-26(33(44)47-21-23-13-8-7-9-14-23)36-31(42)29(24-15-10-11-16-24)38-30(41)27-17-12-18-39(27)32(43)25(20-28(40)46-6)37-34(45)48-35(3,4)5/h7-9,13-14,22,24-27,29H,10-12,15-21H2,1-6H3,(H,36,42)(H,37,45)(H,38,41)/t25-,26+,27+,29-/m1/s1. The van der Waals surface area contributed by atoms with E-state index >= 15 is 0 Å². The Kier molecular flexibility index (Phi) is 14.2. The van der Waals surface area contributed by atoms with Gasteiger partial charge in [-0.3, -0.25) is 19.2 Å². The molecule has 3 N–H and O–H groups in total. The molecule has 0 radical (unpaired) electrons. The quantitative estimate of drug-likeness (QED) is 0.198. The van der Waals surface area contributed by atoms with Crippen LogP contribution in [0.2, 0.25) is 0 Å². The topological polar surface area (TPSA) is 169 Å². The van der Waals surface area contributed by atoms with Gasteiger partial charge in [0.2, 0.25) is 17.7 Å². The smallest absolute Gasteiger partial charge is 0.408 e. The summed E-state index contributed by atoms with van der Waals surface area (Å²) in [6, 6.07) is 5.15. The van der Waals surface area contributed by atoms with Crippen LogP contribution in [-0.4, -0.2) is 84.1 Å². The van der Waals surface area contributed by atoms with Gasteiger partial charge < -0.3 is 35.1 Å². The third-order valence-electron chi connectivity index (χ3n) is 8.41. The summed E-state index contributed by atoms with van der Waals surface area (Å²) in [7, 11) is 1.17. The summed E-state index contributed by atoms with van der Waals surface area (Å²) in [5.41, 5.74) is -0.0240. The van der Waals surface area contributed by atoms with Crippen LogP contribution in [0, 0.1) is 11.8 Å². The van der Waals surface area contributed by atoms with Crippen LogP contribution in [0.1, 0.15) is 91.5 Å². The Morgan fingerprint density at radius 3 is 2.17 bits per heavy atom. The average Bonchev–Trinajstić information content (AvgIpc) is 3.74. The summed E-state index contributed by atoms with van der Waals surface area (Å²) >= 11 is 0. The van der Waals surface area contributed by atoms with Gasteiger partial charge in [-0.25, -0.2) is 9.59 Å². The molecular weight excluding hydrogens is 620 g/mol. The second-order valence-corrected chi connectivity index (χ2v) is 14.0. The fraction of sp³-hybridized carbons (Fsp3) is 0.657. The van der Waals surface area contributed by atoms with E-state index in [9.17, 15) is 28.8 Å². The number of nitrogens with one attached hydrogen (secondary N) is 3. The number of alkyl carbamates (subject to hydrolysis) is 1. The molecule has 0 aromatic heterocycles. The van der Waals surface area contributed by atoms with Crippen molar-refractivity contribution >= 4 is 35.8 Å². The van der Waals surface area contributed by atoms with Crippen LogP contribution in [-0.2, 0) is 44.8 Å². The molecule has 1 saturated heterocycles. The summed E-state index contributed by atoms with van der Waals surface area (Å²) in [4.78, 5) is 80.6. The maximum Gasteiger partial charge on any atom is 0.408 e. The maximum absolute atomic E-state index is 13.8. The van der Waals surface area contributed by atoms with Gasteiger partial charge in [-0.05, 0) is 70.3 Å². The first-order chi connectivity index (χ1) is 22.7. The Labute approximate surface area is 283 Å². The van der Waals surface area contributed by atoms with Gasteiger partial charge in [-0.15, -0.1) is 0 Å². The largest absolute Gasteiger partial charge is 0.469 e. The molecule has 13 heteroatoms. The third-order valence-corrected chi connectivity index (χ3v) is 8.41. The van der Waals surface area contributed by atoms with Crippen molar-refractivity contribution in [1.29, 1.82) is 0 Å². The number of rotatable bonds is 14. The minimum Gasteiger partial charge on any atom is -0.469 e. The van der Waals surface area contributed by atoms with E-state index in [2.05, 4.69) is 16.0 Å². The molecular formula is C35H52N4O9. The summed E-state index contributed by atoms with van der Waals surface area (Å²) in [5, 5.41) is 8.21. The summed E-state index contributed by atoms with van der Waals surface area (Å²) in [6.45, 7) is 9.17. The van der Waals surface area contributed by atoms with Crippen LogP contribution in [0.15, 0.2) is 30.3 Å². The van der Waals surface area contributed by atoms with Crippen molar-refractivity contribution in [3.05, 3.63) is 35.9 Å². The molecule has 1 aliphatic heterocycles. The van der Waals surface area contributed by atoms with E-state index in [0.717, 1.165) is 31.2 Å². The fourth-order valence-electron chi connectivity index (χ4n) is 6.12. The SMILES string of the molecule is COC(=O)C[C@@H](NC(=O)OC(C)(C)C)C(=O)N1CCC[C@H]1C(=O)N[C@@H](C(=O)N[C@@H](CC(C)C)C(=O)OCc1ccccc1)C1CCCC1. The number of likely N-dealkylation sites (tertiary alicyclic amines) is 1. The zero-order chi connectivity index (χ0) is 35.4. The molecule has 3 rings (SSSR count). The van der Waals surface area contributed by atoms with Crippen LogP contribution in [0.5, 0.6) is 0 Å². The van der Waals surface area contributed by atoms with E-state index in [0.29, 0.717) is 19.3 Å². The van der Waals surface area contributed by atoms with Crippen LogP contribution in [0.25, 0.3) is 0 Å². The molecule has 0 bridgehead atoms. The predicted octanol–water partition coefficient (Wildman–Crippen LogP) is 3.38. The first kappa shape index (κ1) is 38.3. The second-order valence-electron chi connectivity index (χ2n) is 14.0. The molecule has 0 spiro atoms. The highest BCUT2D eigenvalue weighted by Gasteiger charge is 2.42. The molecule has 2 aliphatic rings. The van der Waals surface area contributed by atoms with Crippen molar-refractivity contribution in [2.45, 2.75) is 122 Å². The Morgan fingerprint density at radius 2 is 1.56 bits per heavy atom. The molecule has 4 atom stereocenters. The molecule has 48 heavy (non-hydrogen) atoms. The first-order valence-corrected chi connectivity index (χ1v) is 16.9. The van der Waals surface area contributed by atoms with Gasteiger partial charge in [0.1, 0.15) is 36.4 Å². The number of ether oxygens (including phenoxy) is 3.